The molecule has 1 unspecified atom stereocenters. The molecule has 3 N–H and O–H groups in total. The largest absolute Gasteiger partial charge is 0.389 e. The molecule has 0 aliphatic rings. The number of nitrogens with one attached hydrogen (secondary N) is 1. The zero-order valence-corrected chi connectivity index (χ0v) is 11.7. The first-order chi connectivity index (χ1) is 9.49. The highest BCUT2D eigenvalue weighted by Gasteiger charge is 2.12. The van der Waals surface area contributed by atoms with E-state index in [-0.39, 0.29) is 22.5 Å². The van der Waals surface area contributed by atoms with Crippen molar-refractivity contribution in [2.24, 2.45) is 5.73 Å². The van der Waals surface area contributed by atoms with E-state index < -0.39 is 5.82 Å². The van der Waals surface area contributed by atoms with Gasteiger partial charge in [-0.25, -0.2) is 8.78 Å². The van der Waals surface area contributed by atoms with Crippen molar-refractivity contribution in [2.45, 2.75) is 13.0 Å². The number of hydrogen-bond acceptors (Lipinski definition) is 2. The molecule has 104 valence electrons. The van der Waals surface area contributed by atoms with Gasteiger partial charge in [-0.3, -0.25) is 0 Å². The Morgan fingerprint density at radius 2 is 1.85 bits per heavy atom. The molecule has 0 aliphatic carbocycles. The molecule has 5 heteroatoms. The molecule has 0 radical (unpaired) electrons. The molecule has 2 nitrogen and oxygen atoms in total. The van der Waals surface area contributed by atoms with E-state index in [9.17, 15) is 8.78 Å². The van der Waals surface area contributed by atoms with Crippen LogP contribution in [0.25, 0.3) is 0 Å². The second-order valence-electron chi connectivity index (χ2n) is 4.45. The van der Waals surface area contributed by atoms with Crippen LogP contribution in [0.5, 0.6) is 0 Å². The third kappa shape index (κ3) is 3.11. The topological polar surface area (TPSA) is 38.0 Å². The van der Waals surface area contributed by atoms with Crippen molar-refractivity contribution in [3.63, 3.8) is 0 Å². The van der Waals surface area contributed by atoms with Gasteiger partial charge in [0.25, 0.3) is 0 Å². The summed E-state index contributed by atoms with van der Waals surface area (Å²) in [4.78, 5) is 0.137. The Morgan fingerprint density at radius 3 is 2.45 bits per heavy atom. The fraction of sp³-hybridized carbons (Fsp3) is 0.133. The van der Waals surface area contributed by atoms with Gasteiger partial charge in [-0.05, 0) is 31.2 Å². The van der Waals surface area contributed by atoms with Crippen LogP contribution in [0, 0.1) is 11.6 Å². The Bertz CT molecular complexity index is 644. The van der Waals surface area contributed by atoms with Gasteiger partial charge >= 0.3 is 0 Å². The van der Waals surface area contributed by atoms with E-state index in [1.54, 1.807) is 37.3 Å². The number of rotatable bonds is 4. The number of anilines is 1. The summed E-state index contributed by atoms with van der Waals surface area (Å²) in [6.45, 7) is 1.76. The second-order valence-corrected chi connectivity index (χ2v) is 4.89. The Labute approximate surface area is 121 Å². The lowest BCUT2D eigenvalue weighted by molar-refractivity contribution is 0.596. The van der Waals surface area contributed by atoms with Crippen molar-refractivity contribution in [3.05, 3.63) is 65.2 Å². The molecule has 0 aromatic heterocycles. The first-order valence-corrected chi connectivity index (χ1v) is 6.50. The summed E-state index contributed by atoms with van der Waals surface area (Å²) in [5.41, 5.74) is 6.66. The molecule has 0 amide bonds. The maximum absolute atomic E-state index is 13.9. The summed E-state index contributed by atoms with van der Waals surface area (Å²) >= 11 is 4.79. The molecule has 0 saturated heterocycles. The molecule has 2 aromatic rings. The Kier molecular flexibility index (Phi) is 4.29. The number of nitrogens with two attached hydrogens (primary N) is 1. The molecule has 0 saturated carbocycles. The monoisotopic (exact) mass is 292 g/mol. The Hall–Kier alpha value is -2.01. The number of hydrogen-bond donors (Lipinski definition) is 2. The molecular formula is C15H14F2N2S. The van der Waals surface area contributed by atoms with Gasteiger partial charge in [0.1, 0.15) is 16.6 Å². The van der Waals surface area contributed by atoms with Crippen molar-refractivity contribution in [3.8, 4) is 0 Å². The summed E-state index contributed by atoms with van der Waals surface area (Å²) < 4.78 is 27.6. The van der Waals surface area contributed by atoms with Crippen LogP contribution in [0.15, 0.2) is 42.5 Å². The Morgan fingerprint density at radius 1 is 1.15 bits per heavy atom. The zero-order valence-electron chi connectivity index (χ0n) is 10.9. The van der Waals surface area contributed by atoms with Gasteiger partial charge in [0.2, 0.25) is 0 Å². The van der Waals surface area contributed by atoms with Gasteiger partial charge in [-0.2, -0.15) is 0 Å². The van der Waals surface area contributed by atoms with Crippen molar-refractivity contribution < 1.29 is 8.78 Å². The van der Waals surface area contributed by atoms with E-state index in [1.807, 2.05) is 0 Å². The van der Waals surface area contributed by atoms with E-state index in [2.05, 4.69) is 5.32 Å². The zero-order chi connectivity index (χ0) is 14.7. The minimum Gasteiger partial charge on any atom is -0.389 e. The Balaban J connectivity index is 2.22. The predicted molar refractivity (Wildman–Crippen MR) is 80.7 cm³/mol. The third-order valence-corrected chi connectivity index (χ3v) is 3.23. The highest BCUT2D eigenvalue weighted by molar-refractivity contribution is 7.80. The lowest BCUT2D eigenvalue weighted by Gasteiger charge is -2.17. The van der Waals surface area contributed by atoms with E-state index in [0.717, 1.165) is 0 Å². The minimum absolute atomic E-state index is 0.137. The van der Waals surface area contributed by atoms with Gasteiger partial charge in [-0.1, -0.05) is 30.4 Å². The van der Waals surface area contributed by atoms with Crippen LogP contribution in [0.3, 0.4) is 0 Å². The number of thiocarbonyl (C=S) groups is 1. The molecule has 2 aromatic carbocycles. The van der Waals surface area contributed by atoms with Gasteiger partial charge in [0.15, 0.2) is 0 Å². The standard InChI is InChI=1S/C15H14F2N2S/c1-9(11-4-2-3-5-12(11)16)19-14-7-6-10(15(18)20)8-13(14)17/h2-9,19H,1H3,(H2,18,20). The molecule has 0 spiro atoms. The maximum atomic E-state index is 13.9. The van der Waals surface area contributed by atoms with Gasteiger partial charge < -0.3 is 11.1 Å². The summed E-state index contributed by atoms with van der Waals surface area (Å²) in [6.07, 6.45) is 0. The summed E-state index contributed by atoms with van der Waals surface area (Å²) in [6, 6.07) is 10.5. The quantitative estimate of drug-likeness (QED) is 0.842. The van der Waals surface area contributed by atoms with Crippen molar-refractivity contribution in [1.82, 2.24) is 0 Å². The summed E-state index contributed by atoms with van der Waals surface area (Å²) in [5, 5.41) is 2.93. The van der Waals surface area contributed by atoms with E-state index in [4.69, 9.17) is 18.0 Å². The van der Waals surface area contributed by atoms with Crippen LogP contribution >= 0.6 is 12.2 Å². The van der Waals surface area contributed by atoms with E-state index in [0.29, 0.717) is 11.1 Å². The summed E-state index contributed by atoms with van der Waals surface area (Å²) in [7, 11) is 0. The second kappa shape index (κ2) is 5.96. The molecule has 20 heavy (non-hydrogen) atoms. The maximum Gasteiger partial charge on any atom is 0.147 e. The fourth-order valence-electron chi connectivity index (χ4n) is 1.92. The first-order valence-electron chi connectivity index (χ1n) is 6.09. The molecule has 0 fully saturated rings. The average molecular weight is 292 g/mol. The van der Waals surface area contributed by atoms with Crippen molar-refractivity contribution in [1.29, 1.82) is 0 Å². The molecule has 0 bridgehead atoms. The van der Waals surface area contributed by atoms with Crippen LogP contribution in [0.1, 0.15) is 24.1 Å². The normalized spacial score (nSPS) is 11.9. The van der Waals surface area contributed by atoms with Crippen molar-refractivity contribution in [2.75, 3.05) is 5.32 Å². The smallest absolute Gasteiger partial charge is 0.147 e. The molecule has 0 heterocycles. The predicted octanol–water partition coefficient (Wildman–Crippen LogP) is 3.77. The van der Waals surface area contributed by atoms with E-state index in [1.165, 1.54) is 12.1 Å². The molecule has 0 aliphatic heterocycles. The van der Waals surface area contributed by atoms with Gasteiger partial charge in [0, 0.05) is 11.1 Å². The van der Waals surface area contributed by atoms with Crippen LogP contribution in [-0.2, 0) is 0 Å². The fourth-order valence-corrected chi connectivity index (χ4v) is 2.05. The molecule has 2 rings (SSSR count). The minimum atomic E-state index is -0.474. The van der Waals surface area contributed by atoms with Crippen molar-refractivity contribution >= 4 is 22.9 Å². The van der Waals surface area contributed by atoms with Crippen LogP contribution in [-0.4, -0.2) is 4.99 Å². The first kappa shape index (κ1) is 14.4. The SMILES string of the molecule is CC(Nc1ccc(C(N)=S)cc1F)c1ccccc1F. The van der Waals surface area contributed by atoms with E-state index >= 15 is 0 Å². The third-order valence-electron chi connectivity index (χ3n) is 3.00. The van der Waals surface area contributed by atoms with Crippen LogP contribution in [0.2, 0.25) is 0 Å². The number of halogens is 2. The molecular weight excluding hydrogens is 278 g/mol. The van der Waals surface area contributed by atoms with Crippen LogP contribution < -0.4 is 11.1 Å². The molecule has 1 atom stereocenters. The highest BCUT2D eigenvalue weighted by Crippen LogP contribution is 2.24. The summed E-state index contributed by atoms with van der Waals surface area (Å²) in [5.74, 6) is -0.800. The highest BCUT2D eigenvalue weighted by atomic mass is 32.1. The van der Waals surface area contributed by atoms with Gasteiger partial charge in [0.05, 0.1) is 11.7 Å². The van der Waals surface area contributed by atoms with Gasteiger partial charge in [-0.15, -0.1) is 0 Å². The number of benzene rings is 2. The van der Waals surface area contributed by atoms with Crippen LogP contribution in [0.4, 0.5) is 14.5 Å². The lowest BCUT2D eigenvalue weighted by Crippen LogP contribution is -2.12. The average Bonchev–Trinajstić information content (AvgIpc) is 2.41. The lowest BCUT2D eigenvalue weighted by atomic mass is 10.1.